The number of ether oxygens (including phenoxy) is 1. The number of benzene rings is 3. The van der Waals surface area contributed by atoms with Gasteiger partial charge >= 0.3 is 0 Å². The number of aliphatic hydroxyl groups excluding tert-OH is 1. The molecule has 3 rings (SSSR count). The van der Waals surface area contributed by atoms with Crippen LogP contribution in [0.3, 0.4) is 0 Å². The van der Waals surface area contributed by atoms with Crippen molar-refractivity contribution in [2.75, 3.05) is 18.1 Å². The maximum atomic E-state index is 10.5. The van der Waals surface area contributed by atoms with Crippen molar-refractivity contribution in [1.82, 2.24) is 0 Å². The van der Waals surface area contributed by atoms with Gasteiger partial charge in [-0.2, -0.15) is 0 Å². The number of hydrogen-bond donors (Lipinski definition) is 1. The number of rotatable bonds is 8. The highest BCUT2D eigenvalue weighted by Gasteiger charge is 2.14. The van der Waals surface area contributed by atoms with E-state index in [4.69, 9.17) is 4.74 Å². The van der Waals surface area contributed by atoms with Crippen LogP contribution in [-0.4, -0.2) is 24.4 Å². The summed E-state index contributed by atoms with van der Waals surface area (Å²) in [4.78, 5) is 2.17. The molecule has 0 heterocycles. The minimum atomic E-state index is -0.595. The van der Waals surface area contributed by atoms with Crippen LogP contribution in [0.1, 0.15) is 5.56 Å². The Morgan fingerprint density at radius 2 is 1.46 bits per heavy atom. The Labute approximate surface area is 163 Å². The molecule has 0 saturated heterocycles. The van der Waals surface area contributed by atoms with Crippen LogP contribution in [0.4, 0.5) is 5.69 Å². The van der Waals surface area contributed by atoms with E-state index < -0.39 is 6.10 Å². The zero-order valence-electron chi connectivity index (χ0n) is 14.5. The largest absolute Gasteiger partial charge is 0.491 e. The first-order valence-electron chi connectivity index (χ1n) is 8.61. The molecule has 0 aliphatic heterocycles. The molecule has 26 heavy (non-hydrogen) atoms. The average Bonchev–Trinajstić information content (AvgIpc) is 2.68. The van der Waals surface area contributed by atoms with Gasteiger partial charge in [-0.05, 0) is 42.0 Å². The fourth-order valence-corrected chi connectivity index (χ4v) is 3.00. The average molecular weight is 412 g/mol. The molecule has 4 heteroatoms. The molecule has 0 aliphatic carbocycles. The number of halogens is 1. The maximum Gasteiger partial charge on any atom is 0.119 e. The lowest BCUT2D eigenvalue weighted by Crippen LogP contribution is -2.35. The molecule has 0 spiro atoms. The van der Waals surface area contributed by atoms with Crippen LogP contribution in [0.25, 0.3) is 0 Å². The Morgan fingerprint density at radius 1 is 0.846 bits per heavy atom. The number of aliphatic hydroxyl groups is 1. The number of hydrogen-bond acceptors (Lipinski definition) is 3. The smallest absolute Gasteiger partial charge is 0.119 e. The van der Waals surface area contributed by atoms with Crippen molar-refractivity contribution < 1.29 is 9.84 Å². The molecule has 3 nitrogen and oxygen atoms in total. The van der Waals surface area contributed by atoms with E-state index in [1.54, 1.807) is 0 Å². The van der Waals surface area contributed by atoms with E-state index in [1.165, 1.54) is 5.56 Å². The Kier molecular flexibility index (Phi) is 6.69. The monoisotopic (exact) mass is 411 g/mol. The summed E-state index contributed by atoms with van der Waals surface area (Å²) in [5.74, 6) is 0.751. The van der Waals surface area contributed by atoms with Gasteiger partial charge in [-0.1, -0.05) is 64.5 Å². The topological polar surface area (TPSA) is 32.7 Å². The number of nitrogens with zero attached hydrogens (tertiary/aromatic N) is 1. The minimum Gasteiger partial charge on any atom is -0.491 e. The highest BCUT2D eigenvalue weighted by Crippen LogP contribution is 2.19. The van der Waals surface area contributed by atoms with Gasteiger partial charge in [0.2, 0.25) is 0 Å². The quantitative estimate of drug-likeness (QED) is 0.572. The summed E-state index contributed by atoms with van der Waals surface area (Å²) in [7, 11) is 0. The van der Waals surface area contributed by atoms with E-state index in [1.807, 2.05) is 60.7 Å². The van der Waals surface area contributed by atoms with Crippen molar-refractivity contribution >= 4 is 21.6 Å². The second-order valence-corrected chi connectivity index (χ2v) is 7.04. The third-order valence-electron chi connectivity index (χ3n) is 4.02. The molecule has 0 unspecified atom stereocenters. The van der Waals surface area contributed by atoms with Gasteiger partial charge in [0, 0.05) is 23.2 Å². The molecule has 0 bridgehead atoms. The highest BCUT2D eigenvalue weighted by molar-refractivity contribution is 9.10. The highest BCUT2D eigenvalue weighted by atomic mass is 79.9. The van der Waals surface area contributed by atoms with Crippen LogP contribution in [0.15, 0.2) is 89.4 Å². The van der Waals surface area contributed by atoms with E-state index in [9.17, 15) is 5.11 Å². The SMILES string of the molecule is O[C@H](COc1ccc(Br)cc1)CN(Cc1ccccc1)c1ccccc1. The summed E-state index contributed by atoms with van der Waals surface area (Å²) >= 11 is 3.40. The molecule has 0 aromatic heterocycles. The number of para-hydroxylation sites is 1. The first kappa shape index (κ1) is 18.5. The van der Waals surface area contributed by atoms with Gasteiger partial charge in [0.05, 0.1) is 0 Å². The van der Waals surface area contributed by atoms with Crippen LogP contribution in [0.2, 0.25) is 0 Å². The van der Waals surface area contributed by atoms with Crippen molar-refractivity contribution in [3.05, 3.63) is 95.0 Å². The van der Waals surface area contributed by atoms with Crippen molar-refractivity contribution in [3.63, 3.8) is 0 Å². The lowest BCUT2D eigenvalue weighted by molar-refractivity contribution is 0.112. The van der Waals surface area contributed by atoms with Gasteiger partial charge < -0.3 is 14.7 Å². The van der Waals surface area contributed by atoms with E-state index >= 15 is 0 Å². The summed E-state index contributed by atoms with van der Waals surface area (Å²) in [6.07, 6.45) is -0.595. The molecule has 0 fully saturated rings. The van der Waals surface area contributed by atoms with Crippen LogP contribution in [0.5, 0.6) is 5.75 Å². The molecule has 1 N–H and O–H groups in total. The molecule has 0 radical (unpaired) electrons. The fraction of sp³-hybridized carbons (Fsp3) is 0.182. The first-order chi connectivity index (χ1) is 12.7. The molecule has 0 amide bonds. The predicted molar refractivity (Wildman–Crippen MR) is 110 cm³/mol. The van der Waals surface area contributed by atoms with Crippen molar-refractivity contribution in [1.29, 1.82) is 0 Å². The van der Waals surface area contributed by atoms with E-state index in [0.717, 1.165) is 22.5 Å². The zero-order valence-corrected chi connectivity index (χ0v) is 16.0. The third kappa shape index (κ3) is 5.61. The fourth-order valence-electron chi connectivity index (χ4n) is 2.73. The first-order valence-corrected chi connectivity index (χ1v) is 9.40. The maximum absolute atomic E-state index is 10.5. The summed E-state index contributed by atoms with van der Waals surface area (Å²) < 4.78 is 6.72. The number of anilines is 1. The molecular formula is C22H22BrNO2. The summed E-state index contributed by atoms with van der Waals surface area (Å²) in [5.41, 5.74) is 2.29. The Balaban J connectivity index is 1.63. The van der Waals surface area contributed by atoms with Gasteiger partial charge in [0.15, 0.2) is 0 Å². The van der Waals surface area contributed by atoms with Crippen LogP contribution < -0.4 is 9.64 Å². The van der Waals surface area contributed by atoms with Gasteiger partial charge in [-0.25, -0.2) is 0 Å². The summed E-state index contributed by atoms with van der Waals surface area (Å²) in [6.45, 7) is 1.48. The van der Waals surface area contributed by atoms with Gasteiger partial charge in [-0.15, -0.1) is 0 Å². The van der Waals surface area contributed by atoms with E-state index in [2.05, 4.69) is 45.1 Å². The van der Waals surface area contributed by atoms with Crippen molar-refractivity contribution in [2.24, 2.45) is 0 Å². The lowest BCUT2D eigenvalue weighted by atomic mass is 10.2. The molecule has 0 aliphatic rings. The van der Waals surface area contributed by atoms with Gasteiger partial charge in [0.25, 0.3) is 0 Å². The second-order valence-electron chi connectivity index (χ2n) is 6.12. The lowest BCUT2D eigenvalue weighted by Gasteiger charge is -2.27. The Bertz CT molecular complexity index is 778. The molecule has 0 saturated carbocycles. The minimum absolute atomic E-state index is 0.250. The zero-order chi connectivity index (χ0) is 18.2. The Morgan fingerprint density at radius 3 is 2.12 bits per heavy atom. The van der Waals surface area contributed by atoms with Crippen LogP contribution in [0, 0.1) is 0 Å². The second kappa shape index (κ2) is 9.41. The molecule has 1 atom stereocenters. The van der Waals surface area contributed by atoms with Gasteiger partial charge in [0.1, 0.15) is 18.5 Å². The molecular weight excluding hydrogens is 390 g/mol. The van der Waals surface area contributed by atoms with E-state index in [0.29, 0.717) is 6.54 Å². The van der Waals surface area contributed by atoms with Crippen molar-refractivity contribution in [2.45, 2.75) is 12.6 Å². The summed E-state index contributed by atoms with van der Waals surface area (Å²) in [5, 5.41) is 10.5. The van der Waals surface area contributed by atoms with Gasteiger partial charge in [-0.3, -0.25) is 0 Å². The molecule has 3 aromatic carbocycles. The Hall–Kier alpha value is -2.30. The summed E-state index contributed by atoms with van der Waals surface area (Å²) in [6, 6.07) is 28.0. The molecule has 134 valence electrons. The normalized spacial score (nSPS) is 11.8. The molecule has 3 aromatic rings. The van der Waals surface area contributed by atoms with E-state index in [-0.39, 0.29) is 6.61 Å². The standard InChI is InChI=1S/C22H22BrNO2/c23-19-11-13-22(14-12-19)26-17-21(25)16-24(20-9-5-2-6-10-20)15-18-7-3-1-4-8-18/h1-14,21,25H,15-17H2/t21-/m0/s1. The van der Waals surface area contributed by atoms with Crippen LogP contribution >= 0.6 is 15.9 Å². The predicted octanol–water partition coefficient (Wildman–Crippen LogP) is 4.90. The van der Waals surface area contributed by atoms with Crippen LogP contribution in [-0.2, 0) is 6.54 Å². The third-order valence-corrected chi connectivity index (χ3v) is 4.55. The van der Waals surface area contributed by atoms with Crippen molar-refractivity contribution in [3.8, 4) is 5.75 Å².